The molecule has 5 rings (SSSR count). The molecule has 0 saturated carbocycles. The summed E-state index contributed by atoms with van der Waals surface area (Å²) in [6, 6.07) is 39.7. The summed E-state index contributed by atoms with van der Waals surface area (Å²) in [5.74, 6) is 0.902. The van der Waals surface area contributed by atoms with Crippen LogP contribution in [0.25, 0.3) is 0 Å². The Hall–Kier alpha value is -3.42. The Balaban J connectivity index is 1.73. The summed E-state index contributed by atoms with van der Waals surface area (Å²) in [6.45, 7) is 0.679. The van der Waals surface area contributed by atoms with Crippen molar-refractivity contribution in [2.45, 2.75) is 12.1 Å². The van der Waals surface area contributed by atoms with Gasteiger partial charge in [-0.1, -0.05) is 66.7 Å². The van der Waals surface area contributed by atoms with Crippen LogP contribution in [0.3, 0.4) is 0 Å². The van der Waals surface area contributed by atoms with E-state index in [-0.39, 0.29) is 11.6 Å². The Morgan fingerprint density at radius 1 is 0.697 bits per heavy atom. The SMILES string of the molecule is COc1ccccc1N1CC[C@@H]([P+](c2ccccc2)(c2ccccc2)c2ccccc2)C1=O. The Morgan fingerprint density at radius 3 is 1.64 bits per heavy atom. The van der Waals surface area contributed by atoms with Crippen LogP contribution in [0.2, 0.25) is 0 Å². The highest BCUT2D eigenvalue weighted by molar-refractivity contribution is 7.97. The second-order valence-electron chi connectivity index (χ2n) is 8.20. The van der Waals surface area contributed by atoms with Crippen molar-refractivity contribution in [3.63, 3.8) is 0 Å². The number of rotatable bonds is 6. The van der Waals surface area contributed by atoms with Crippen molar-refractivity contribution in [2.75, 3.05) is 18.6 Å². The third kappa shape index (κ3) is 3.63. The minimum absolute atomic E-state index is 0.144. The van der Waals surface area contributed by atoms with E-state index in [4.69, 9.17) is 4.74 Å². The van der Waals surface area contributed by atoms with Crippen molar-refractivity contribution >= 4 is 34.8 Å². The fourth-order valence-electron chi connectivity index (χ4n) is 5.09. The van der Waals surface area contributed by atoms with Crippen molar-refractivity contribution in [1.29, 1.82) is 0 Å². The molecule has 33 heavy (non-hydrogen) atoms. The van der Waals surface area contributed by atoms with E-state index in [2.05, 4.69) is 72.8 Å². The molecule has 0 unspecified atom stereocenters. The monoisotopic (exact) mass is 452 g/mol. The highest BCUT2D eigenvalue weighted by Crippen LogP contribution is 2.62. The standard InChI is InChI=1S/C29H27NO2P/c1-32-27-20-12-11-19-26(27)30-22-21-28(29(30)31)33(23-13-5-2-6-14-23,24-15-7-3-8-16-24)25-17-9-4-10-18-25/h2-20,28H,21-22H2,1H3/q+1/t28-/m1/s1. The van der Waals surface area contributed by atoms with Gasteiger partial charge in [-0.15, -0.1) is 0 Å². The molecule has 0 spiro atoms. The number of hydrogen-bond donors (Lipinski definition) is 0. The summed E-state index contributed by atoms with van der Waals surface area (Å²) in [7, 11) is -0.612. The number of ether oxygens (including phenoxy) is 1. The van der Waals surface area contributed by atoms with Gasteiger partial charge < -0.3 is 9.64 Å². The van der Waals surface area contributed by atoms with Crippen LogP contribution < -0.4 is 25.6 Å². The predicted molar refractivity (Wildman–Crippen MR) is 139 cm³/mol. The smallest absolute Gasteiger partial charge is 0.269 e. The van der Waals surface area contributed by atoms with Crippen LogP contribution in [0, 0.1) is 0 Å². The van der Waals surface area contributed by atoms with Crippen molar-refractivity contribution < 1.29 is 9.53 Å². The molecule has 0 N–H and O–H groups in total. The van der Waals surface area contributed by atoms with E-state index in [9.17, 15) is 4.79 Å². The van der Waals surface area contributed by atoms with Crippen LogP contribution in [0.5, 0.6) is 5.75 Å². The minimum Gasteiger partial charge on any atom is -0.495 e. The molecule has 1 atom stereocenters. The maximum absolute atomic E-state index is 14.2. The number of nitrogens with zero attached hydrogens (tertiary/aromatic N) is 1. The zero-order valence-corrected chi connectivity index (χ0v) is 19.6. The average Bonchev–Trinajstić information content (AvgIpc) is 3.28. The van der Waals surface area contributed by atoms with Gasteiger partial charge in [0.1, 0.15) is 28.9 Å². The number of para-hydroxylation sites is 2. The molecule has 4 aromatic rings. The second kappa shape index (κ2) is 9.21. The van der Waals surface area contributed by atoms with Gasteiger partial charge in [0.15, 0.2) is 5.66 Å². The summed E-state index contributed by atoms with van der Waals surface area (Å²) in [5, 5.41) is 3.72. The average molecular weight is 453 g/mol. The van der Waals surface area contributed by atoms with Gasteiger partial charge in [0.2, 0.25) is 0 Å². The van der Waals surface area contributed by atoms with E-state index in [1.807, 2.05) is 47.4 Å². The van der Waals surface area contributed by atoms with Crippen LogP contribution in [0.4, 0.5) is 5.69 Å². The molecule has 1 amide bonds. The Labute approximate surface area is 196 Å². The fourth-order valence-corrected chi connectivity index (χ4v) is 9.97. The second-order valence-corrected chi connectivity index (χ2v) is 11.8. The van der Waals surface area contributed by atoms with Gasteiger partial charge in [-0.05, 0) is 48.5 Å². The van der Waals surface area contributed by atoms with E-state index in [1.165, 1.54) is 15.9 Å². The van der Waals surface area contributed by atoms with E-state index in [1.54, 1.807) is 7.11 Å². The maximum Gasteiger partial charge on any atom is 0.269 e. The van der Waals surface area contributed by atoms with Crippen molar-refractivity contribution in [2.24, 2.45) is 0 Å². The molecule has 0 aromatic heterocycles. The quantitative estimate of drug-likeness (QED) is 0.394. The zero-order valence-electron chi connectivity index (χ0n) is 18.7. The number of carbonyl (C=O) groups is 1. The molecular formula is C29H27NO2P+. The van der Waals surface area contributed by atoms with Gasteiger partial charge in [-0.2, -0.15) is 0 Å². The first-order valence-corrected chi connectivity index (χ1v) is 13.1. The van der Waals surface area contributed by atoms with Gasteiger partial charge in [0.25, 0.3) is 5.91 Å². The van der Waals surface area contributed by atoms with E-state index < -0.39 is 7.26 Å². The zero-order chi connectivity index (χ0) is 22.7. The lowest BCUT2D eigenvalue weighted by Gasteiger charge is -2.32. The van der Waals surface area contributed by atoms with Crippen molar-refractivity contribution in [1.82, 2.24) is 0 Å². The molecular weight excluding hydrogens is 425 g/mol. The maximum atomic E-state index is 14.2. The normalized spacial score (nSPS) is 16.1. The molecule has 4 heteroatoms. The summed E-state index contributed by atoms with van der Waals surface area (Å²) in [6.07, 6.45) is 0.795. The van der Waals surface area contributed by atoms with E-state index in [0.29, 0.717) is 6.54 Å². The highest BCUT2D eigenvalue weighted by Gasteiger charge is 2.58. The molecule has 3 nitrogen and oxygen atoms in total. The molecule has 1 saturated heterocycles. The van der Waals surface area contributed by atoms with Crippen LogP contribution >= 0.6 is 7.26 Å². The van der Waals surface area contributed by atoms with Crippen LogP contribution in [0.15, 0.2) is 115 Å². The minimum atomic E-state index is -2.27. The lowest BCUT2D eigenvalue weighted by Crippen LogP contribution is -2.43. The lowest BCUT2D eigenvalue weighted by molar-refractivity contribution is -0.116. The van der Waals surface area contributed by atoms with Gasteiger partial charge in [-0.25, -0.2) is 0 Å². The fraction of sp³-hybridized carbons (Fsp3) is 0.138. The molecule has 1 aliphatic rings. The first-order chi connectivity index (χ1) is 16.3. The Morgan fingerprint density at radius 2 is 1.15 bits per heavy atom. The predicted octanol–water partition coefficient (Wildman–Crippen LogP) is 4.79. The molecule has 4 aromatic carbocycles. The molecule has 0 bridgehead atoms. The van der Waals surface area contributed by atoms with Crippen molar-refractivity contribution in [3.8, 4) is 5.75 Å². The molecule has 164 valence electrons. The van der Waals surface area contributed by atoms with E-state index in [0.717, 1.165) is 17.9 Å². The van der Waals surface area contributed by atoms with Gasteiger partial charge in [0.05, 0.1) is 12.8 Å². The number of hydrogen-bond acceptors (Lipinski definition) is 2. The molecule has 1 aliphatic heterocycles. The molecule has 0 radical (unpaired) electrons. The Kier molecular flexibility index (Phi) is 5.98. The van der Waals surface area contributed by atoms with Crippen LogP contribution in [-0.4, -0.2) is 25.2 Å². The largest absolute Gasteiger partial charge is 0.495 e. The summed E-state index contributed by atoms with van der Waals surface area (Å²) in [4.78, 5) is 16.2. The van der Waals surface area contributed by atoms with Crippen LogP contribution in [-0.2, 0) is 4.79 Å². The highest BCUT2D eigenvalue weighted by atomic mass is 31.2. The topological polar surface area (TPSA) is 29.5 Å². The summed E-state index contributed by atoms with van der Waals surface area (Å²) >= 11 is 0. The van der Waals surface area contributed by atoms with Crippen molar-refractivity contribution in [3.05, 3.63) is 115 Å². The van der Waals surface area contributed by atoms with Gasteiger partial charge in [0, 0.05) is 13.0 Å². The molecule has 1 fully saturated rings. The third-order valence-electron chi connectivity index (χ3n) is 6.51. The first kappa shape index (κ1) is 21.4. The lowest BCUT2D eigenvalue weighted by atomic mass is 10.2. The van der Waals surface area contributed by atoms with E-state index >= 15 is 0 Å². The summed E-state index contributed by atoms with van der Waals surface area (Å²) < 4.78 is 5.60. The number of benzene rings is 4. The third-order valence-corrected chi connectivity index (χ3v) is 11.3. The summed E-state index contributed by atoms with van der Waals surface area (Å²) in [5.41, 5.74) is 0.703. The molecule has 1 heterocycles. The molecule has 0 aliphatic carbocycles. The van der Waals surface area contributed by atoms with Gasteiger partial charge >= 0.3 is 0 Å². The first-order valence-electron chi connectivity index (χ1n) is 11.3. The number of carbonyl (C=O) groups excluding carboxylic acids is 1. The van der Waals surface area contributed by atoms with Gasteiger partial charge in [-0.3, -0.25) is 4.79 Å². The number of methoxy groups -OCH3 is 1. The number of amides is 1. The van der Waals surface area contributed by atoms with Crippen LogP contribution in [0.1, 0.15) is 6.42 Å². The Bertz CT molecular complexity index is 1130. The number of anilines is 1.